The van der Waals surface area contributed by atoms with Crippen molar-refractivity contribution in [1.82, 2.24) is 4.57 Å². The summed E-state index contributed by atoms with van der Waals surface area (Å²) in [5, 5.41) is 0. The van der Waals surface area contributed by atoms with Gasteiger partial charge in [0, 0.05) is 11.1 Å². The molecule has 120 valence electrons. The van der Waals surface area contributed by atoms with E-state index in [-0.39, 0.29) is 20.8 Å². The lowest BCUT2D eigenvalue weighted by atomic mass is 10.0. The normalized spacial score (nSPS) is 13.4. The molecule has 0 aromatic rings. The molecule has 0 radical (unpaired) electrons. The fourth-order valence-corrected chi connectivity index (χ4v) is 4.86. The smallest absolute Gasteiger partial charge is 0.120 e. The van der Waals surface area contributed by atoms with E-state index in [0.29, 0.717) is 0 Å². The number of hydrogen-bond acceptors (Lipinski definition) is 1. The molecule has 0 N–H and O–H groups in total. The van der Waals surface area contributed by atoms with Gasteiger partial charge in [0.2, 0.25) is 0 Å². The number of nitrogens with zero attached hydrogens (tertiary/aromatic N) is 1. The first-order chi connectivity index (χ1) is 9.12. The number of hydrogen-bond donors (Lipinski definition) is 0. The zero-order chi connectivity index (χ0) is 15.8. The van der Waals surface area contributed by atoms with Crippen LogP contribution in [0.3, 0.4) is 0 Å². The van der Waals surface area contributed by atoms with Crippen molar-refractivity contribution in [1.29, 1.82) is 0 Å². The van der Waals surface area contributed by atoms with Gasteiger partial charge in [0.1, 0.15) is 9.68 Å². The molecule has 0 rings (SSSR count). The third-order valence-corrected chi connectivity index (χ3v) is 6.91. The summed E-state index contributed by atoms with van der Waals surface area (Å²) in [5.74, 6) is 0. The maximum atomic E-state index is 2.75. The third-order valence-electron chi connectivity index (χ3n) is 3.88. The summed E-state index contributed by atoms with van der Waals surface area (Å²) in [6.45, 7) is 18.7. The molecular weight excluding hydrogens is 258 g/mol. The van der Waals surface area contributed by atoms with Crippen molar-refractivity contribution in [2.75, 3.05) is 0 Å². The minimum Gasteiger partial charge on any atom is -0.316 e. The SMILES string of the molecule is CCCCC(=C[SiH2]N(C(C)(C)C)C(C)(C)C)CCCC. The predicted molar refractivity (Wildman–Crippen MR) is 97.0 cm³/mol. The van der Waals surface area contributed by atoms with Crippen LogP contribution in [-0.2, 0) is 0 Å². The van der Waals surface area contributed by atoms with Crippen LogP contribution >= 0.6 is 0 Å². The second-order valence-corrected chi connectivity index (χ2v) is 9.43. The first-order valence-electron chi connectivity index (χ1n) is 8.58. The van der Waals surface area contributed by atoms with Crippen LogP contribution in [0.5, 0.6) is 0 Å². The van der Waals surface area contributed by atoms with Gasteiger partial charge in [-0.2, -0.15) is 0 Å². The van der Waals surface area contributed by atoms with E-state index in [4.69, 9.17) is 0 Å². The minimum absolute atomic E-state index is 0.279. The van der Waals surface area contributed by atoms with Gasteiger partial charge in [-0.1, -0.05) is 38.0 Å². The number of allylic oxidation sites excluding steroid dienone is 1. The average Bonchev–Trinajstić information content (AvgIpc) is 2.28. The highest BCUT2D eigenvalue weighted by molar-refractivity contribution is 6.39. The van der Waals surface area contributed by atoms with Crippen LogP contribution in [0.4, 0.5) is 0 Å². The van der Waals surface area contributed by atoms with E-state index in [2.05, 4.69) is 65.7 Å². The molecule has 0 aliphatic rings. The van der Waals surface area contributed by atoms with Crippen LogP contribution in [-0.4, -0.2) is 25.3 Å². The van der Waals surface area contributed by atoms with Crippen molar-refractivity contribution in [3.05, 3.63) is 11.3 Å². The summed E-state index contributed by atoms with van der Waals surface area (Å²) in [7, 11) is -0.315. The Bertz CT molecular complexity index is 257. The second-order valence-electron chi connectivity index (χ2n) is 8.02. The molecule has 0 aliphatic heterocycles. The van der Waals surface area contributed by atoms with E-state index in [1.807, 2.05) is 0 Å². The molecule has 0 atom stereocenters. The molecule has 0 fully saturated rings. The highest BCUT2D eigenvalue weighted by Crippen LogP contribution is 2.24. The Labute approximate surface area is 131 Å². The molecule has 0 amide bonds. The first-order valence-corrected chi connectivity index (χ1v) is 10.0. The number of unbranched alkanes of at least 4 members (excludes halogenated alkanes) is 2. The van der Waals surface area contributed by atoms with Crippen molar-refractivity contribution in [2.45, 2.75) is 105 Å². The lowest BCUT2D eigenvalue weighted by molar-refractivity contribution is 0.141. The summed E-state index contributed by atoms with van der Waals surface area (Å²) in [6, 6.07) is 0. The minimum atomic E-state index is -0.315. The Hall–Kier alpha value is -0.0831. The van der Waals surface area contributed by atoms with E-state index >= 15 is 0 Å². The molecule has 0 unspecified atom stereocenters. The van der Waals surface area contributed by atoms with Gasteiger partial charge in [-0.25, -0.2) is 0 Å². The van der Waals surface area contributed by atoms with Crippen LogP contribution in [0.2, 0.25) is 0 Å². The summed E-state index contributed by atoms with van der Waals surface area (Å²) in [4.78, 5) is 0. The molecule has 0 aromatic heterocycles. The van der Waals surface area contributed by atoms with E-state index in [1.165, 1.54) is 38.5 Å². The Kier molecular flexibility index (Phi) is 9.00. The molecule has 1 nitrogen and oxygen atoms in total. The molecular formula is C18H39NSi. The maximum absolute atomic E-state index is 2.75. The van der Waals surface area contributed by atoms with Crippen molar-refractivity contribution in [3.63, 3.8) is 0 Å². The Morgan fingerprint density at radius 3 is 1.55 bits per heavy atom. The Balaban J connectivity index is 4.84. The van der Waals surface area contributed by atoms with Crippen LogP contribution in [0.1, 0.15) is 93.9 Å². The maximum Gasteiger partial charge on any atom is 0.120 e. The molecule has 0 spiro atoms. The van der Waals surface area contributed by atoms with Gasteiger partial charge in [-0.05, 0) is 67.2 Å². The van der Waals surface area contributed by atoms with Crippen molar-refractivity contribution < 1.29 is 0 Å². The van der Waals surface area contributed by atoms with E-state index in [1.54, 1.807) is 5.57 Å². The topological polar surface area (TPSA) is 3.24 Å². The highest BCUT2D eigenvalue weighted by atomic mass is 28.2. The third kappa shape index (κ3) is 8.26. The fraction of sp³-hybridized carbons (Fsp3) is 0.889. The molecule has 0 heterocycles. The zero-order valence-corrected chi connectivity index (χ0v) is 16.9. The van der Waals surface area contributed by atoms with Crippen LogP contribution < -0.4 is 0 Å². The molecule has 0 aliphatic carbocycles. The average molecular weight is 298 g/mol. The molecule has 0 aromatic carbocycles. The van der Waals surface area contributed by atoms with Gasteiger partial charge in [-0.15, -0.1) is 0 Å². The standard InChI is InChI=1S/C18H39NSi/c1-9-11-13-16(14-12-10-2)15-20-19(17(3,4)5)18(6,7)8/h15H,9-14,20H2,1-8H3. The van der Waals surface area contributed by atoms with Crippen molar-refractivity contribution in [2.24, 2.45) is 0 Å². The van der Waals surface area contributed by atoms with E-state index in [0.717, 1.165) is 0 Å². The lowest BCUT2D eigenvalue weighted by Gasteiger charge is -2.45. The van der Waals surface area contributed by atoms with Gasteiger partial charge in [0.15, 0.2) is 0 Å². The summed E-state index contributed by atoms with van der Waals surface area (Å²) in [5.41, 5.74) is 4.95. The molecule has 0 bridgehead atoms. The van der Waals surface area contributed by atoms with Crippen LogP contribution in [0, 0.1) is 0 Å². The van der Waals surface area contributed by atoms with Gasteiger partial charge in [0.25, 0.3) is 0 Å². The van der Waals surface area contributed by atoms with Crippen molar-refractivity contribution >= 4 is 9.68 Å². The van der Waals surface area contributed by atoms with Crippen LogP contribution in [0.15, 0.2) is 11.3 Å². The highest BCUT2D eigenvalue weighted by Gasteiger charge is 2.30. The quantitative estimate of drug-likeness (QED) is 0.554. The molecule has 20 heavy (non-hydrogen) atoms. The summed E-state index contributed by atoms with van der Waals surface area (Å²) >= 11 is 0. The number of rotatable bonds is 8. The lowest BCUT2D eigenvalue weighted by Crippen LogP contribution is -2.54. The monoisotopic (exact) mass is 297 g/mol. The fourth-order valence-electron chi connectivity index (χ4n) is 2.91. The van der Waals surface area contributed by atoms with E-state index < -0.39 is 0 Å². The van der Waals surface area contributed by atoms with Gasteiger partial charge >= 0.3 is 0 Å². The first kappa shape index (κ1) is 19.9. The molecule has 2 heteroatoms. The van der Waals surface area contributed by atoms with Gasteiger partial charge in [-0.3, -0.25) is 0 Å². The van der Waals surface area contributed by atoms with Crippen LogP contribution in [0.25, 0.3) is 0 Å². The molecule has 0 saturated carbocycles. The summed E-state index contributed by atoms with van der Waals surface area (Å²) < 4.78 is 2.75. The van der Waals surface area contributed by atoms with E-state index in [9.17, 15) is 0 Å². The molecule has 0 saturated heterocycles. The predicted octanol–water partition coefficient (Wildman–Crippen LogP) is 5.23. The second kappa shape index (κ2) is 9.04. The zero-order valence-electron chi connectivity index (χ0n) is 15.5. The largest absolute Gasteiger partial charge is 0.316 e. The Morgan fingerprint density at radius 1 is 0.850 bits per heavy atom. The summed E-state index contributed by atoms with van der Waals surface area (Å²) in [6.07, 6.45) is 7.99. The van der Waals surface area contributed by atoms with Gasteiger partial charge in [0.05, 0.1) is 0 Å². The van der Waals surface area contributed by atoms with Gasteiger partial charge < -0.3 is 4.57 Å². The van der Waals surface area contributed by atoms with Crippen molar-refractivity contribution in [3.8, 4) is 0 Å². The Morgan fingerprint density at radius 2 is 1.25 bits per heavy atom.